The maximum Gasteiger partial charge on any atom is 0.241 e. The molecule has 1 saturated carbocycles. The monoisotopic (exact) mass is 449 g/mol. The van der Waals surface area contributed by atoms with Gasteiger partial charge in [0.1, 0.15) is 0 Å². The SMILES string of the molecule is C=CCC[C@@]1(NS(=O)(=O)c2ccc(C)cc2)CCCC[C@H]1CCC(O)CCCCCC. The van der Waals surface area contributed by atoms with E-state index in [0.29, 0.717) is 4.90 Å². The Bertz CT molecular complexity index is 759. The van der Waals surface area contributed by atoms with Crippen molar-refractivity contribution in [3.63, 3.8) is 0 Å². The minimum Gasteiger partial charge on any atom is -0.393 e. The highest BCUT2D eigenvalue weighted by molar-refractivity contribution is 7.89. The normalized spacial score (nSPS) is 22.9. The van der Waals surface area contributed by atoms with E-state index in [1.165, 1.54) is 19.3 Å². The zero-order valence-corrected chi connectivity index (χ0v) is 20.4. The van der Waals surface area contributed by atoms with Crippen LogP contribution in [0.2, 0.25) is 0 Å². The highest BCUT2D eigenvalue weighted by Crippen LogP contribution is 2.41. The molecule has 31 heavy (non-hydrogen) atoms. The molecule has 1 fully saturated rings. The zero-order chi connectivity index (χ0) is 22.7. The van der Waals surface area contributed by atoms with Gasteiger partial charge in [0, 0.05) is 5.54 Å². The van der Waals surface area contributed by atoms with Crippen molar-refractivity contribution in [2.75, 3.05) is 0 Å². The van der Waals surface area contributed by atoms with Crippen LogP contribution in [0.3, 0.4) is 0 Å². The number of benzene rings is 1. The van der Waals surface area contributed by atoms with Crippen LogP contribution < -0.4 is 4.72 Å². The Labute approximate surface area is 190 Å². The van der Waals surface area contributed by atoms with Gasteiger partial charge in [-0.2, -0.15) is 0 Å². The second-order valence-corrected chi connectivity index (χ2v) is 11.1. The minimum absolute atomic E-state index is 0.242. The lowest BCUT2D eigenvalue weighted by Gasteiger charge is -2.45. The van der Waals surface area contributed by atoms with E-state index in [1.54, 1.807) is 12.1 Å². The lowest BCUT2D eigenvalue weighted by Crippen LogP contribution is -2.55. The third-order valence-electron chi connectivity index (χ3n) is 6.91. The van der Waals surface area contributed by atoms with Crippen LogP contribution in [0.1, 0.15) is 96.0 Å². The molecule has 4 nitrogen and oxygen atoms in total. The summed E-state index contributed by atoms with van der Waals surface area (Å²) >= 11 is 0. The predicted octanol–water partition coefficient (Wildman–Crippen LogP) is 6.28. The van der Waals surface area contributed by atoms with Gasteiger partial charge in [-0.15, -0.1) is 6.58 Å². The van der Waals surface area contributed by atoms with E-state index < -0.39 is 15.6 Å². The predicted molar refractivity (Wildman–Crippen MR) is 130 cm³/mol. The molecule has 1 aliphatic carbocycles. The topological polar surface area (TPSA) is 66.4 Å². The van der Waals surface area contributed by atoms with Crippen molar-refractivity contribution >= 4 is 10.0 Å². The molecule has 176 valence electrons. The Kier molecular flexibility index (Phi) is 10.7. The Morgan fingerprint density at radius 1 is 1.19 bits per heavy atom. The van der Waals surface area contributed by atoms with Gasteiger partial charge in [0.05, 0.1) is 11.0 Å². The summed E-state index contributed by atoms with van der Waals surface area (Å²) in [5.41, 5.74) is 0.585. The molecule has 0 saturated heterocycles. The quantitative estimate of drug-likeness (QED) is 0.259. The van der Waals surface area contributed by atoms with Crippen LogP contribution in [0.5, 0.6) is 0 Å². The van der Waals surface area contributed by atoms with Crippen molar-refractivity contribution < 1.29 is 13.5 Å². The van der Waals surface area contributed by atoms with Gasteiger partial charge in [-0.05, 0) is 69.9 Å². The first-order valence-electron chi connectivity index (χ1n) is 12.2. The summed E-state index contributed by atoms with van der Waals surface area (Å²) in [5, 5.41) is 10.5. The summed E-state index contributed by atoms with van der Waals surface area (Å²) in [4.78, 5) is 0.330. The lowest BCUT2D eigenvalue weighted by molar-refractivity contribution is 0.104. The number of aliphatic hydroxyl groups is 1. The fourth-order valence-corrected chi connectivity index (χ4v) is 6.51. The molecule has 2 N–H and O–H groups in total. The van der Waals surface area contributed by atoms with Crippen molar-refractivity contribution in [2.24, 2.45) is 5.92 Å². The number of aliphatic hydroxyl groups excluding tert-OH is 1. The largest absolute Gasteiger partial charge is 0.393 e. The molecule has 2 rings (SSSR count). The molecule has 0 heterocycles. The lowest BCUT2D eigenvalue weighted by atomic mass is 9.69. The third-order valence-corrected chi connectivity index (χ3v) is 8.48. The number of aryl methyl sites for hydroxylation is 1. The van der Waals surface area contributed by atoms with Crippen LogP contribution in [0.4, 0.5) is 0 Å². The first-order chi connectivity index (χ1) is 14.8. The van der Waals surface area contributed by atoms with Gasteiger partial charge in [-0.3, -0.25) is 0 Å². The van der Waals surface area contributed by atoms with Crippen molar-refractivity contribution in [3.05, 3.63) is 42.5 Å². The molecule has 5 heteroatoms. The van der Waals surface area contributed by atoms with E-state index in [0.717, 1.165) is 69.8 Å². The summed E-state index contributed by atoms with van der Waals surface area (Å²) in [7, 11) is -3.60. The summed E-state index contributed by atoms with van der Waals surface area (Å²) in [6.45, 7) is 8.02. The number of rotatable bonds is 14. The molecule has 0 spiro atoms. The van der Waals surface area contributed by atoms with Crippen molar-refractivity contribution in [3.8, 4) is 0 Å². The Hall–Kier alpha value is -1.17. The van der Waals surface area contributed by atoms with Gasteiger partial charge in [-0.25, -0.2) is 13.1 Å². The Morgan fingerprint density at radius 3 is 2.61 bits per heavy atom. The first-order valence-corrected chi connectivity index (χ1v) is 13.7. The van der Waals surface area contributed by atoms with Gasteiger partial charge in [0.2, 0.25) is 10.0 Å². The average molecular weight is 450 g/mol. The first kappa shape index (κ1) is 26.1. The van der Waals surface area contributed by atoms with Crippen LogP contribution in [0, 0.1) is 12.8 Å². The van der Waals surface area contributed by atoms with Gasteiger partial charge in [0.15, 0.2) is 0 Å². The highest BCUT2D eigenvalue weighted by atomic mass is 32.2. The van der Waals surface area contributed by atoms with Crippen molar-refractivity contribution in [1.29, 1.82) is 0 Å². The molecule has 3 atom stereocenters. The fraction of sp³-hybridized carbons (Fsp3) is 0.692. The second kappa shape index (κ2) is 12.8. The number of hydrogen-bond donors (Lipinski definition) is 2. The Morgan fingerprint density at radius 2 is 1.94 bits per heavy atom. The molecular formula is C26H43NO3S. The van der Waals surface area contributed by atoms with Gasteiger partial charge in [-0.1, -0.05) is 69.2 Å². The van der Waals surface area contributed by atoms with E-state index in [9.17, 15) is 13.5 Å². The molecule has 0 bridgehead atoms. The molecular weight excluding hydrogens is 406 g/mol. The van der Waals surface area contributed by atoms with Crippen LogP contribution in [0.15, 0.2) is 41.8 Å². The molecule has 1 unspecified atom stereocenters. The molecule has 1 aromatic carbocycles. The smallest absolute Gasteiger partial charge is 0.241 e. The third kappa shape index (κ3) is 8.03. The zero-order valence-electron chi connectivity index (χ0n) is 19.6. The molecule has 1 aliphatic rings. The summed E-state index contributed by atoms with van der Waals surface area (Å²) < 4.78 is 29.7. The van der Waals surface area contributed by atoms with E-state index >= 15 is 0 Å². The van der Waals surface area contributed by atoms with Gasteiger partial charge < -0.3 is 5.11 Å². The van der Waals surface area contributed by atoms with E-state index in [-0.39, 0.29) is 12.0 Å². The van der Waals surface area contributed by atoms with Gasteiger partial charge >= 0.3 is 0 Å². The summed E-state index contributed by atoms with van der Waals surface area (Å²) in [6.07, 6.45) is 14.3. The number of unbranched alkanes of at least 4 members (excludes halogenated alkanes) is 3. The van der Waals surface area contributed by atoms with E-state index in [4.69, 9.17) is 0 Å². The fourth-order valence-electron chi connectivity index (χ4n) is 4.99. The summed E-state index contributed by atoms with van der Waals surface area (Å²) in [6, 6.07) is 7.07. The average Bonchev–Trinajstić information content (AvgIpc) is 2.75. The maximum atomic E-state index is 13.3. The second-order valence-electron chi connectivity index (χ2n) is 9.43. The van der Waals surface area contributed by atoms with E-state index in [2.05, 4.69) is 18.2 Å². The molecule has 0 aromatic heterocycles. The van der Waals surface area contributed by atoms with E-state index in [1.807, 2.05) is 25.1 Å². The minimum atomic E-state index is -3.60. The number of sulfonamides is 1. The van der Waals surface area contributed by atoms with Crippen LogP contribution >= 0.6 is 0 Å². The summed E-state index contributed by atoms with van der Waals surface area (Å²) in [5.74, 6) is 0.242. The van der Waals surface area contributed by atoms with Crippen LogP contribution in [-0.2, 0) is 10.0 Å². The molecule has 1 aromatic rings. The number of allylic oxidation sites excluding steroid dienone is 1. The molecule has 0 aliphatic heterocycles. The molecule has 0 amide bonds. The standard InChI is InChI=1S/C26H43NO3S/c1-4-6-8-9-13-24(28)17-16-23-12-10-11-21-26(23,20-7-5-2)27-31(29,30)25-18-14-22(3)15-19-25/h5,14-15,18-19,23-24,27-28H,2,4,6-13,16-17,20-21H2,1,3H3/t23-,24?,26+/m0/s1. The number of hydrogen-bond acceptors (Lipinski definition) is 3. The van der Waals surface area contributed by atoms with Crippen LogP contribution in [-0.4, -0.2) is 25.2 Å². The Balaban J connectivity index is 2.13. The molecule has 0 radical (unpaired) electrons. The number of nitrogens with one attached hydrogen (secondary N) is 1. The van der Waals surface area contributed by atoms with Crippen molar-refractivity contribution in [1.82, 2.24) is 4.72 Å². The highest BCUT2D eigenvalue weighted by Gasteiger charge is 2.43. The van der Waals surface area contributed by atoms with Crippen molar-refractivity contribution in [2.45, 2.75) is 114 Å². The van der Waals surface area contributed by atoms with Crippen LogP contribution in [0.25, 0.3) is 0 Å². The maximum absolute atomic E-state index is 13.3. The van der Waals surface area contributed by atoms with Gasteiger partial charge in [0.25, 0.3) is 0 Å².